The molecule has 112 valence electrons. The van der Waals surface area contributed by atoms with Crippen LogP contribution in [0.4, 0.5) is 11.9 Å². The number of nitrogens with zero attached hydrogens (tertiary/aromatic N) is 4. The Bertz CT molecular complexity index is 440. The van der Waals surface area contributed by atoms with Crippen LogP contribution in [-0.2, 0) is 4.79 Å². The molecule has 0 aliphatic carbocycles. The molecule has 1 amide bonds. The Morgan fingerprint density at radius 1 is 1.30 bits per heavy atom. The minimum Gasteiger partial charge on any atom is -0.467 e. The number of ether oxygens (including phenoxy) is 1. The Hall–Kier alpha value is -2.12. The summed E-state index contributed by atoms with van der Waals surface area (Å²) in [4.78, 5) is 25.9. The van der Waals surface area contributed by atoms with Crippen molar-refractivity contribution in [2.45, 2.75) is 20.3 Å². The van der Waals surface area contributed by atoms with Crippen molar-refractivity contribution in [2.24, 2.45) is 0 Å². The molecule has 1 aromatic rings. The monoisotopic (exact) mass is 282 g/mol. The molecule has 8 nitrogen and oxygen atoms in total. The molecule has 1 aromatic heterocycles. The molecule has 0 bridgehead atoms. The molecule has 0 saturated carbocycles. The first-order valence-electron chi connectivity index (χ1n) is 6.64. The fourth-order valence-corrected chi connectivity index (χ4v) is 1.47. The molecular formula is C12H22N6O2. The summed E-state index contributed by atoms with van der Waals surface area (Å²) >= 11 is 0. The van der Waals surface area contributed by atoms with Crippen LogP contribution < -0.4 is 20.3 Å². The molecule has 0 aliphatic heterocycles. The number of methoxy groups -OCH3 is 1. The molecular weight excluding hydrogens is 260 g/mol. The summed E-state index contributed by atoms with van der Waals surface area (Å²) in [5.74, 6) is 0.764. The molecule has 0 radical (unpaired) electrons. The number of nitrogens with one attached hydrogen (secondary N) is 2. The van der Waals surface area contributed by atoms with Gasteiger partial charge in [-0.25, -0.2) is 0 Å². The normalized spacial score (nSPS) is 10.0. The van der Waals surface area contributed by atoms with Crippen molar-refractivity contribution in [2.75, 3.05) is 44.0 Å². The third-order valence-electron chi connectivity index (χ3n) is 2.60. The van der Waals surface area contributed by atoms with Crippen LogP contribution in [0.25, 0.3) is 0 Å². The highest BCUT2D eigenvalue weighted by molar-refractivity contribution is 5.80. The van der Waals surface area contributed by atoms with Gasteiger partial charge in [-0.1, -0.05) is 6.92 Å². The van der Waals surface area contributed by atoms with Crippen molar-refractivity contribution in [3.63, 3.8) is 0 Å². The van der Waals surface area contributed by atoms with Crippen LogP contribution in [0, 0.1) is 0 Å². The number of hydrogen-bond donors (Lipinski definition) is 2. The topological polar surface area (TPSA) is 92.3 Å². The number of aromatic nitrogens is 3. The average Bonchev–Trinajstić information content (AvgIpc) is 2.49. The number of rotatable bonds is 8. The first-order chi connectivity index (χ1) is 9.64. The van der Waals surface area contributed by atoms with Crippen LogP contribution >= 0.6 is 0 Å². The number of carbonyl (C=O) groups is 1. The summed E-state index contributed by atoms with van der Waals surface area (Å²) in [6.07, 6.45) is 0.957. The van der Waals surface area contributed by atoms with Gasteiger partial charge in [0.05, 0.1) is 13.7 Å². The lowest BCUT2D eigenvalue weighted by Gasteiger charge is -2.20. The van der Waals surface area contributed by atoms with Gasteiger partial charge in [0.2, 0.25) is 17.8 Å². The zero-order valence-electron chi connectivity index (χ0n) is 12.4. The second-order valence-corrected chi connectivity index (χ2v) is 4.06. The molecule has 0 spiro atoms. The number of likely N-dealkylation sites (N-methyl/N-ethyl adjacent to an activating group) is 2. The lowest BCUT2D eigenvalue weighted by Crippen LogP contribution is -2.36. The van der Waals surface area contributed by atoms with E-state index in [0.29, 0.717) is 18.4 Å². The summed E-state index contributed by atoms with van der Waals surface area (Å²) in [5.41, 5.74) is 0. The van der Waals surface area contributed by atoms with E-state index in [4.69, 9.17) is 4.74 Å². The van der Waals surface area contributed by atoms with E-state index < -0.39 is 0 Å². The highest BCUT2D eigenvalue weighted by Crippen LogP contribution is 2.14. The van der Waals surface area contributed by atoms with E-state index in [1.54, 1.807) is 11.9 Å². The molecule has 2 N–H and O–H groups in total. The smallest absolute Gasteiger partial charge is 0.322 e. The van der Waals surface area contributed by atoms with Gasteiger partial charge >= 0.3 is 6.01 Å². The second-order valence-electron chi connectivity index (χ2n) is 4.06. The van der Waals surface area contributed by atoms with Gasteiger partial charge in [-0.3, -0.25) is 4.79 Å². The Labute approximate surface area is 119 Å². The number of carbonyl (C=O) groups excluding carboxylic acids is 1. The lowest BCUT2D eigenvalue weighted by molar-refractivity contribution is -0.119. The van der Waals surface area contributed by atoms with Crippen molar-refractivity contribution < 1.29 is 9.53 Å². The van der Waals surface area contributed by atoms with Crippen molar-refractivity contribution in [1.82, 2.24) is 20.3 Å². The Morgan fingerprint density at radius 2 is 2.05 bits per heavy atom. The summed E-state index contributed by atoms with van der Waals surface area (Å²) in [5, 5.41) is 5.66. The molecule has 0 aromatic carbocycles. The molecule has 0 atom stereocenters. The first kappa shape index (κ1) is 15.9. The maximum atomic E-state index is 11.5. The lowest BCUT2D eigenvalue weighted by atomic mass is 10.5. The van der Waals surface area contributed by atoms with Crippen molar-refractivity contribution in [3.8, 4) is 6.01 Å². The average molecular weight is 282 g/mol. The van der Waals surface area contributed by atoms with Gasteiger partial charge in [0.25, 0.3) is 0 Å². The standard InChI is InChI=1S/C12H22N6O2/c1-5-7-14-10-15-11(17-12(16-10)20-4)18(6-2)8-9(19)13-3/h5-8H2,1-4H3,(H,13,19)(H,14,15,16,17). The second kappa shape index (κ2) is 8.13. The number of anilines is 2. The quantitative estimate of drug-likeness (QED) is 0.707. The van der Waals surface area contributed by atoms with Gasteiger partial charge in [-0.2, -0.15) is 15.0 Å². The van der Waals surface area contributed by atoms with Crippen molar-refractivity contribution in [3.05, 3.63) is 0 Å². The Morgan fingerprint density at radius 3 is 2.60 bits per heavy atom. The van der Waals surface area contributed by atoms with Gasteiger partial charge in [-0.05, 0) is 13.3 Å². The van der Waals surface area contributed by atoms with Gasteiger partial charge < -0.3 is 20.3 Å². The van der Waals surface area contributed by atoms with Crippen LogP contribution in [0.1, 0.15) is 20.3 Å². The molecule has 0 fully saturated rings. The van der Waals surface area contributed by atoms with E-state index in [0.717, 1.165) is 13.0 Å². The molecule has 1 rings (SSSR count). The van der Waals surface area contributed by atoms with E-state index in [2.05, 4.69) is 32.5 Å². The molecule has 1 heterocycles. The highest BCUT2D eigenvalue weighted by Gasteiger charge is 2.15. The van der Waals surface area contributed by atoms with E-state index in [9.17, 15) is 4.79 Å². The predicted molar refractivity (Wildman–Crippen MR) is 77.1 cm³/mol. The maximum absolute atomic E-state index is 11.5. The van der Waals surface area contributed by atoms with E-state index in [1.165, 1.54) is 7.11 Å². The fourth-order valence-electron chi connectivity index (χ4n) is 1.47. The summed E-state index contributed by atoms with van der Waals surface area (Å²) in [6, 6.07) is 0.226. The van der Waals surface area contributed by atoms with Gasteiger partial charge in [0.15, 0.2) is 0 Å². The molecule has 20 heavy (non-hydrogen) atoms. The number of amides is 1. The van der Waals surface area contributed by atoms with Crippen LogP contribution in [0.3, 0.4) is 0 Å². The first-order valence-corrected chi connectivity index (χ1v) is 6.64. The van der Waals surface area contributed by atoms with Crippen molar-refractivity contribution in [1.29, 1.82) is 0 Å². The summed E-state index contributed by atoms with van der Waals surface area (Å²) in [6.45, 7) is 5.53. The van der Waals surface area contributed by atoms with Gasteiger partial charge in [-0.15, -0.1) is 0 Å². The minimum atomic E-state index is -0.103. The summed E-state index contributed by atoms with van der Waals surface area (Å²) in [7, 11) is 3.09. The Kier molecular flexibility index (Phi) is 6.48. The minimum absolute atomic E-state index is 0.103. The highest BCUT2D eigenvalue weighted by atomic mass is 16.5. The zero-order chi connectivity index (χ0) is 15.0. The largest absolute Gasteiger partial charge is 0.467 e. The zero-order valence-corrected chi connectivity index (χ0v) is 12.4. The van der Waals surface area contributed by atoms with Crippen LogP contribution in [0.5, 0.6) is 6.01 Å². The molecule has 0 unspecified atom stereocenters. The van der Waals surface area contributed by atoms with E-state index >= 15 is 0 Å². The van der Waals surface area contributed by atoms with Crippen LogP contribution in [-0.4, -0.2) is 54.7 Å². The summed E-state index contributed by atoms with van der Waals surface area (Å²) < 4.78 is 5.07. The van der Waals surface area contributed by atoms with Crippen LogP contribution in [0.2, 0.25) is 0 Å². The Balaban J connectivity index is 2.97. The molecule has 0 saturated heterocycles. The third kappa shape index (κ3) is 4.52. The maximum Gasteiger partial charge on any atom is 0.322 e. The van der Waals surface area contributed by atoms with Gasteiger partial charge in [0, 0.05) is 20.1 Å². The van der Waals surface area contributed by atoms with Crippen molar-refractivity contribution >= 4 is 17.8 Å². The molecule has 0 aliphatic rings. The van der Waals surface area contributed by atoms with E-state index in [1.807, 2.05) is 6.92 Å². The predicted octanol–water partition coefficient (Wildman–Crippen LogP) is 0.274. The SMILES string of the molecule is CCCNc1nc(OC)nc(N(CC)CC(=O)NC)n1. The van der Waals surface area contributed by atoms with Gasteiger partial charge in [0.1, 0.15) is 0 Å². The number of hydrogen-bond acceptors (Lipinski definition) is 7. The fraction of sp³-hybridized carbons (Fsp3) is 0.667. The third-order valence-corrected chi connectivity index (χ3v) is 2.60. The van der Waals surface area contributed by atoms with E-state index in [-0.39, 0.29) is 18.5 Å². The molecule has 8 heteroatoms. The van der Waals surface area contributed by atoms with Crippen LogP contribution in [0.15, 0.2) is 0 Å².